The molecule has 0 aliphatic carbocycles. The first-order valence-electron chi connectivity index (χ1n) is 6.67. The summed E-state index contributed by atoms with van der Waals surface area (Å²) in [6.07, 6.45) is 5.02. The molecule has 0 amide bonds. The van der Waals surface area contributed by atoms with Crippen LogP contribution in [0.1, 0.15) is 26.0 Å². The predicted molar refractivity (Wildman–Crippen MR) is 82.1 cm³/mol. The Balaban J connectivity index is 0.000000847. The second-order valence-electron chi connectivity index (χ2n) is 3.91. The molecule has 3 aromatic heterocycles. The van der Waals surface area contributed by atoms with E-state index in [9.17, 15) is 8.78 Å². The molecule has 116 valence electrons. The zero-order valence-corrected chi connectivity index (χ0v) is 13.2. The van der Waals surface area contributed by atoms with Crippen LogP contribution in [0.4, 0.5) is 8.78 Å². The molecule has 22 heavy (non-hydrogen) atoms. The molecule has 3 heterocycles. The maximum atomic E-state index is 12.7. The van der Waals surface area contributed by atoms with Crippen molar-refractivity contribution in [3.05, 3.63) is 36.5 Å². The Morgan fingerprint density at radius 2 is 1.91 bits per heavy atom. The number of fused-ring (bicyclic) bond motifs is 1. The summed E-state index contributed by atoms with van der Waals surface area (Å²) in [5.41, 5.74) is 0.723. The number of aromatic nitrogens is 5. The molecule has 0 saturated heterocycles. The summed E-state index contributed by atoms with van der Waals surface area (Å²) in [5.74, 6) is 0.441. The van der Waals surface area contributed by atoms with Gasteiger partial charge in [-0.05, 0) is 12.3 Å². The Kier molecular flexibility index (Phi) is 5.37. The van der Waals surface area contributed by atoms with E-state index in [4.69, 9.17) is 0 Å². The summed E-state index contributed by atoms with van der Waals surface area (Å²) >= 11 is 1.48. The minimum atomic E-state index is -2.63. The van der Waals surface area contributed by atoms with Gasteiger partial charge in [0.25, 0.3) is 6.43 Å². The number of thioether (sulfide) groups is 1. The number of nitrogens with zero attached hydrogens (tertiary/aromatic N) is 5. The third-order valence-electron chi connectivity index (χ3n) is 2.71. The molecule has 0 aliphatic heterocycles. The van der Waals surface area contributed by atoms with Gasteiger partial charge in [0, 0.05) is 12.4 Å². The van der Waals surface area contributed by atoms with Crippen LogP contribution in [0.15, 0.2) is 35.9 Å². The van der Waals surface area contributed by atoms with E-state index in [1.54, 1.807) is 18.5 Å². The van der Waals surface area contributed by atoms with E-state index in [0.717, 1.165) is 5.03 Å². The zero-order chi connectivity index (χ0) is 16.1. The lowest BCUT2D eigenvalue weighted by atomic mass is 10.4. The van der Waals surface area contributed by atoms with E-state index in [2.05, 4.69) is 19.9 Å². The van der Waals surface area contributed by atoms with Crippen LogP contribution in [0.5, 0.6) is 0 Å². The van der Waals surface area contributed by atoms with Crippen LogP contribution in [-0.4, -0.2) is 30.6 Å². The van der Waals surface area contributed by atoms with Gasteiger partial charge >= 0.3 is 0 Å². The number of hydrogen-bond acceptors (Lipinski definition) is 5. The van der Waals surface area contributed by atoms with E-state index < -0.39 is 6.43 Å². The van der Waals surface area contributed by atoms with Gasteiger partial charge in [-0.1, -0.05) is 13.8 Å². The lowest BCUT2D eigenvalue weighted by Crippen LogP contribution is -1.98. The molecule has 0 aliphatic rings. The normalized spacial score (nSPS) is 10.6. The smallest absolute Gasteiger partial charge is 0.281 e. The predicted octanol–water partition coefficient (Wildman–Crippen LogP) is 3.87. The molecule has 0 atom stereocenters. The van der Waals surface area contributed by atoms with Crippen molar-refractivity contribution >= 4 is 17.4 Å². The standard InChI is InChI=1S/C12H9F2N5S.C2H6/c1-20-10-2-3-15-12(18-10)8-4-17-9-5-16-7(11(13)14)6-19(8)9;1-2/h2-6,11H,1H3;1-2H3. The Morgan fingerprint density at radius 1 is 1.14 bits per heavy atom. The van der Waals surface area contributed by atoms with Gasteiger partial charge in [0.1, 0.15) is 11.4 Å². The third kappa shape index (κ3) is 3.22. The van der Waals surface area contributed by atoms with Crippen molar-refractivity contribution in [3.8, 4) is 11.5 Å². The first kappa shape index (κ1) is 16.3. The maximum Gasteiger partial charge on any atom is 0.281 e. The van der Waals surface area contributed by atoms with Crippen LogP contribution < -0.4 is 0 Å². The molecule has 5 nitrogen and oxygen atoms in total. The molecule has 0 radical (unpaired) electrons. The molecule has 0 fully saturated rings. The molecule has 0 bridgehead atoms. The van der Waals surface area contributed by atoms with E-state index in [-0.39, 0.29) is 5.69 Å². The highest BCUT2D eigenvalue weighted by molar-refractivity contribution is 7.98. The molecular formula is C14H15F2N5S. The highest BCUT2D eigenvalue weighted by atomic mass is 32.2. The highest BCUT2D eigenvalue weighted by Crippen LogP contribution is 2.22. The van der Waals surface area contributed by atoms with E-state index in [0.29, 0.717) is 17.2 Å². The van der Waals surface area contributed by atoms with Gasteiger partial charge in [-0.2, -0.15) is 0 Å². The van der Waals surface area contributed by atoms with E-state index in [1.165, 1.54) is 28.6 Å². The molecule has 0 N–H and O–H groups in total. The topological polar surface area (TPSA) is 56.0 Å². The second-order valence-corrected chi connectivity index (χ2v) is 4.73. The summed E-state index contributed by atoms with van der Waals surface area (Å²) in [6, 6.07) is 1.78. The quantitative estimate of drug-likeness (QED) is 0.541. The first-order chi connectivity index (χ1) is 10.7. The Morgan fingerprint density at radius 3 is 2.59 bits per heavy atom. The summed E-state index contributed by atoms with van der Waals surface area (Å²) in [6.45, 7) is 4.00. The van der Waals surface area contributed by atoms with Gasteiger partial charge in [0.05, 0.1) is 17.4 Å². The Labute approximate surface area is 130 Å². The van der Waals surface area contributed by atoms with Crippen molar-refractivity contribution in [2.24, 2.45) is 0 Å². The van der Waals surface area contributed by atoms with Crippen molar-refractivity contribution in [2.45, 2.75) is 25.3 Å². The number of alkyl halides is 2. The van der Waals surface area contributed by atoms with E-state index in [1.807, 2.05) is 20.1 Å². The molecule has 8 heteroatoms. The summed E-state index contributed by atoms with van der Waals surface area (Å²) in [4.78, 5) is 16.3. The lowest BCUT2D eigenvalue weighted by molar-refractivity contribution is 0.145. The van der Waals surface area contributed by atoms with Gasteiger partial charge in [-0.25, -0.2) is 28.7 Å². The maximum absolute atomic E-state index is 12.7. The largest absolute Gasteiger partial charge is 0.294 e. The second kappa shape index (κ2) is 7.26. The molecule has 0 spiro atoms. The molecule has 0 saturated carbocycles. The minimum absolute atomic E-state index is 0.308. The van der Waals surface area contributed by atoms with Crippen molar-refractivity contribution in [2.75, 3.05) is 6.26 Å². The fourth-order valence-electron chi connectivity index (χ4n) is 1.76. The number of imidazole rings is 1. The van der Waals surface area contributed by atoms with Crippen molar-refractivity contribution in [1.29, 1.82) is 0 Å². The zero-order valence-electron chi connectivity index (χ0n) is 12.4. The van der Waals surface area contributed by atoms with Crippen molar-refractivity contribution in [1.82, 2.24) is 24.3 Å². The Hall–Kier alpha value is -2.09. The van der Waals surface area contributed by atoms with Gasteiger partial charge in [0.2, 0.25) is 0 Å². The number of hydrogen-bond donors (Lipinski definition) is 0. The van der Waals surface area contributed by atoms with Crippen LogP contribution in [0.25, 0.3) is 17.2 Å². The van der Waals surface area contributed by atoms with Gasteiger partial charge in [-0.3, -0.25) is 4.40 Å². The first-order valence-corrected chi connectivity index (χ1v) is 7.90. The van der Waals surface area contributed by atoms with Crippen LogP contribution in [0.2, 0.25) is 0 Å². The number of halogens is 2. The van der Waals surface area contributed by atoms with Gasteiger partial charge in [0.15, 0.2) is 11.5 Å². The summed E-state index contributed by atoms with van der Waals surface area (Å²) < 4.78 is 27.0. The van der Waals surface area contributed by atoms with Gasteiger partial charge in [-0.15, -0.1) is 11.8 Å². The highest BCUT2D eigenvalue weighted by Gasteiger charge is 2.14. The van der Waals surface area contributed by atoms with Crippen LogP contribution in [0, 0.1) is 0 Å². The Bertz CT molecular complexity index is 760. The average Bonchev–Trinajstić information content (AvgIpc) is 2.99. The number of rotatable bonds is 3. The SMILES string of the molecule is CC.CSc1ccnc(-c2cnc3cnc(C(F)F)cn23)n1. The third-order valence-corrected chi connectivity index (χ3v) is 3.35. The van der Waals surface area contributed by atoms with Crippen LogP contribution in [0.3, 0.4) is 0 Å². The van der Waals surface area contributed by atoms with Crippen molar-refractivity contribution in [3.63, 3.8) is 0 Å². The average molecular weight is 323 g/mol. The summed E-state index contributed by atoms with van der Waals surface area (Å²) in [7, 11) is 0. The lowest BCUT2D eigenvalue weighted by Gasteiger charge is -2.04. The van der Waals surface area contributed by atoms with Gasteiger partial charge < -0.3 is 0 Å². The summed E-state index contributed by atoms with van der Waals surface area (Å²) in [5, 5.41) is 0.799. The van der Waals surface area contributed by atoms with E-state index >= 15 is 0 Å². The molecule has 3 rings (SSSR count). The molecule has 0 aromatic carbocycles. The fraction of sp³-hybridized carbons (Fsp3) is 0.286. The minimum Gasteiger partial charge on any atom is -0.294 e. The molecule has 0 unspecified atom stereocenters. The van der Waals surface area contributed by atoms with Crippen LogP contribution >= 0.6 is 11.8 Å². The van der Waals surface area contributed by atoms with Crippen LogP contribution in [-0.2, 0) is 0 Å². The van der Waals surface area contributed by atoms with Crippen molar-refractivity contribution < 1.29 is 8.78 Å². The molecular weight excluding hydrogens is 308 g/mol. The molecule has 3 aromatic rings. The monoisotopic (exact) mass is 323 g/mol. The fourth-order valence-corrected chi connectivity index (χ4v) is 2.14.